The fourth-order valence-corrected chi connectivity index (χ4v) is 4.75. The molecule has 0 aromatic heterocycles. The Morgan fingerprint density at radius 3 is 2.12 bits per heavy atom. The third kappa shape index (κ3) is 8.59. The first-order valence-corrected chi connectivity index (χ1v) is 10.3. The lowest BCUT2D eigenvalue weighted by Gasteiger charge is -2.24. The van der Waals surface area contributed by atoms with Gasteiger partial charge >= 0.3 is 13.6 Å². The van der Waals surface area contributed by atoms with E-state index >= 15 is 0 Å². The number of benzene rings is 1. The maximum Gasteiger partial charge on any atom is 0.337 e. The number of thiocarbonyl (C=S) groups is 1. The number of carboxylic acids is 1. The van der Waals surface area contributed by atoms with Crippen molar-refractivity contribution in [1.29, 1.82) is 0 Å². The molecule has 0 saturated heterocycles. The van der Waals surface area contributed by atoms with E-state index in [9.17, 15) is 14.5 Å². The second kappa shape index (κ2) is 10.0. The van der Waals surface area contributed by atoms with Gasteiger partial charge in [-0.2, -0.15) is 0 Å². The molecule has 1 unspecified atom stereocenters. The highest BCUT2D eigenvalue weighted by molar-refractivity contribution is 7.81. The van der Waals surface area contributed by atoms with Gasteiger partial charge in [-0.05, 0) is 33.3 Å². The first-order chi connectivity index (χ1) is 11.6. The molecule has 0 saturated carbocycles. The van der Waals surface area contributed by atoms with E-state index in [0.29, 0.717) is 0 Å². The second-order valence-electron chi connectivity index (χ2n) is 6.23. The van der Waals surface area contributed by atoms with Crippen LogP contribution in [-0.4, -0.2) is 40.5 Å². The van der Waals surface area contributed by atoms with E-state index in [0.717, 1.165) is 5.56 Å². The van der Waals surface area contributed by atoms with Gasteiger partial charge in [0.05, 0.1) is 17.2 Å². The smallest absolute Gasteiger partial charge is 0.337 e. The number of carboxylic acid groups (broad SMARTS) is 1. The summed E-state index contributed by atoms with van der Waals surface area (Å²) in [6, 6.07) is 8.31. The third-order valence-corrected chi connectivity index (χ3v) is 5.66. The molecule has 0 spiro atoms. The van der Waals surface area contributed by atoms with Crippen molar-refractivity contribution >= 4 is 30.8 Å². The van der Waals surface area contributed by atoms with Gasteiger partial charge in [-0.15, -0.1) is 0 Å². The molecule has 0 aliphatic rings. The van der Waals surface area contributed by atoms with Crippen LogP contribution in [0.4, 0.5) is 0 Å². The zero-order chi connectivity index (χ0) is 19.0. The quantitative estimate of drug-likeness (QED) is 0.468. The Kier molecular flexibility index (Phi) is 8.73. The molecule has 1 aromatic carbocycles. The van der Waals surface area contributed by atoms with Crippen molar-refractivity contribution in [3.63, 3.8) is 0 Å². The minimum Gasteiger partial charge on any atom is -0.480 e. The minimum absolute atomic E-state index is 0.146. The van der Waals surface area contributed by atoms with Gasteiger partial charge in [0.2, 0.25) is 0 Å². The first-order valence-electron chi connectivity index (χ1n) is 8.13. The predicted molar refractivity (Wildman–Crippen MR) is 102 cm³/mol. The molecule has 0 aliphatic carbocycles. The molecular formula is C17H26NO5PS. The van der Waals surface area contributed by atoms with E-state index in [2.05, 4.69) is 5.32 Å². The van der Waals surface area contributed by atoms with Crippen LogP contribution in [0, 0.1) is 0 Å². The zero-order valence-corrected chi connectivity index (χ0v) is 16.7. The van der Waals surface area contributed by atoms with Gasteiger partial charge in [0.15, 0.2) is 0 Å². The van der Waals surface area contributed by atoms with Crippen molar-refractivity contribution in [3.8, 4) is 0 Å². The fourth-order valence-electron chi connectivity index (χ4n) is 2.21. The normalized spacial score (nSPS) is 13.0. The maximum absolute atomic E-state index is 12.8. The van der Waals surface area contributed by atoms with Gasteiger partial charge in [-0.25, -0.2) is 4.79 Å². The number of nitrogens with one attached hydrogen (secondary N) is 1. The van der Waals surface area contributed by atoms with Crippen LogP contribution in [0.1, 0.15) is 33.3 Å². The largest absolute Gasteiger partial charge is 0.480 e. The van der Waals surface area contributed by atoms with Crippen molar-refractivity contribution in [2.75, 3.05) is 6.16 Å². The molecule has 25 heavy (non-hydrogen) atoms. The van der Waals surface area contributed by atoms with Crippen molar-refractivity contribution in [2.24, 2.45) is 0 Å². The summed E-state index contributed by atoms with van der Waals surface area (Å²) in [6.45, 7) is 7.01. The van der Waals surface area contributed by atoms with E-state index in [-0.39, 0.29) is 29.8 Å². The molecule has 0 bridgehead atoms. The van der Waals surface area contributed by atoms with E-state index in [4.69, 9.17) is 21.3 Å². The summed E-state index contributed by atoms with van der Waals surface area (Å²) in [5.41, 5.74) is 0.866. The van der Waals surface area contributed by atoms with Crippen molar-refractivity contribution in [1.82, 2.24) is 5.32 Å². The average molecular weight is 387 g/mol. The van der Waals surface area contributed by atoms with Crippen LogP contribution in [0.2, 0.25) is 0 Å². The average Bonchev–Trinajstić information content (AvgIpc) is 2.45. The van der Waals surface area contributed by atoms with Crippen LogP contribution >= 0.6 is 19.8 Å². The molecule has 0 radical (unpaired) electrons. The molecule has 1 rings (SSSR count). The molecule has 0 heterocycles. The van der Waals surface area contributed by atoms with Crippen LogP contribution in [0.5, 0.6) is 0 Å². The number of hydrogen-bond donors (Lipinski definition) is 2. The van der Waals surface area contributed by atoms with Crippen LogP contribution in [0.15, 0.2) is 30.3 Å². The first kappa shape index (κ1) is 21.8. The van der Waals surface area contributed by atoms with Crippen molar-refractivity contribution < 1.29 is 23.5 Å². The van der Waals surface area contributed by atoms with Crippen LogP contribution < -0.4 is 5.32 Å². The van der Waals surface area contributed by atoms with E-state index < -0.39 is 19.6 Å². The lowest BCUT2D eigenvalue weighted by molar-refractivity contribution is -0.139. The lowest BCUT2D eigenvalue weighted by Crippen LogP contribution is -2.43. The number of carbonyl (C=O) groups is 1. The SMILES string of the molecule is CC(C)OP(=O)(CC(=S)NC(Cc1ccccc1)C(=O)O)OC(C)C. The van der Waals surface area contributed by atoms with E-state index in [1.807, 2.05) is 30.3 Å². The molecular weight excluding hydrogens is 361 g/mol. The predicted octanol–water partition coefficient (Wildman–Crippen LogP) is 3.64. The minimum atomic E-state index is -3.45. The maximum atomic E-state index is 12.8. The Bertz CT molecular complexity index is 607. The highest BCUT2D eigenvalue weighted by atomic mass is 32.1. The highest BCUT2D eigenvalue weighted by Crippen LogP contribution is 2.50. The summed E-state index contributed by atoms with van der Waals surface area (Å²) < 4.78 is 23.7. The van der Waals surface area contributed by atoms with Gasteiger partial charge in [-0.1, -0.05) is 42.5 Å². The van der Waals surface area contributed by atoms with Gasteiger partial charge < -0.3 is 19.5 Å². The Morgan fingerprint density at radius 1 is 1.16 bits per heavy atom. The molecule has 8 heteroatoms. The monoisotopic (exact) mass is 387 g/mol. The number of aliphatic carboxylic acids is 1. The Hall–Kier alpha value is -1.27. The van der Waals surface area contributed by atoms with Crippen molar-refractivity contribution in [3.05, 3.63) is 35.9 Å². The molecule has 0 fully saturated rings. The standard InChI is InChI=1S/C17H26NO5PS/c1-12(2)22-24(21,23-13(3)4)11-16(25)18-15(17(19)20)10-14-8-6-5-7-9-14/h5-9,12-13,15H,10-11H2,1-4H3,(H,18,25)(H,19,20). The second-order valence-corrected chi connectivity index (χ2v) is 8.68. The Balaban J connectivity index is 2.78. The fraction of sp³-hybridized carbons (Fsp3) is 0.529. The molecule has 1 atom stereocenters. The van der Waals surface area contributed by atoms with Crippen LogP contribution in [-0.2, 0) is 24.8 Å². The Labute approximate surface area is 154 Å². The zero-order valence-electron chi connectivity index (χ0n) is 15.0. The summed E-state index contributed by atoms with van der Waals surface area (Å²) in [6.07, 6.45) is -0.493. The van der Waals surface area contributed by atoms with Crippen LogP contribution in [0.25, 0.3) is 0 Å². The van der Waals surface area contributed by atoms with Gasteiger partial charge in [0.25, 0.3) is 0 Å². The Morgan fingerprint density at radius 2 is 1.68 bits per heavy atom. The molecule has 2 N–H and O–H groups in total. The van der Waals surface area contributed by atoms with Crippen molar-refractivity contribution in [2.45, 2.75) is 52.4 Å². The lowest BCUT2D eigenvalue weighted by atomic mass is 10.1. The summed E-state index contributed by atoms with van der Waals surface area (Å²) >= 11 is 5.21. The summed E-state index contributed by atoms with van der Waals surface area (Å²) in [5, 5.41) is 12.2. The summed E-state index contributed by atoms with van der Waals surface area (Å²) in [5.74, 6) is -1.03. The summed E-state index contributed by atoms with van der Waals surface area (Å²) in [7, 11) is -3.45. The van der Waals surface area contributed by atoms with Gasteiger partial charge in [0, 0.05) is 6.42 Å². The molecule has 0 aliphatic heterocycles. The van der Waals surface area contributed by atoms with Gasteiger partial charge in [0.1, 0.15) is 12.2 Å². The van der Waals surface area contributed by atoms with E-state index in [1.165, 1.54) is 0 Å². The number of hydrogen-bond acceptors (Lipinski definition) is 5. The molecule has 6 nitrogen and oxygen atoms in total. The van der Waals surface area contributed by atoms with E-state index in [1.54, 1.807) is 27.7 Å². The highest BCUT2D eigenvalue weighted by Gasteiger charge is 2.31. The topological polar surface area (TPSA) is 84.9 Å². The molecule has 140 valence electrons. The van der Waals surface area contributed by atoms with Crippen LogP contribution in [0.3, 0.4) is 0 Å². The van der Waals surface area contributed by atoms with Gasteiger partial charge in [-0.3, -0.25) is 4.57 Å². The molecule has 0 amide bonds. The summed E-state index contributed by atoms with van der Waals surface area (Å²) in [4.78, 5) is 11.7. The molecule has 1 aromatic rings. The third-order valence-electron chi connectivity index (χ3n) is 3.00. The number of rotatable bonds is 10.